The first-order valence-electron chi connectivity index (χ1n) is 8.36. The van der Waals surface area contributed by atoms with E-state index in [1.165, 1.54) is 44.9 Å². The van der Waals surface area contributed by atoms with Gasteiger partial charge in [-0.3, -0.25) is 4.79 Å². The summed E-state index contributed by atoms with van der Waals surface area (Å²) in [6.07, 6.45) is 10.6. The molecule has 3 nitrogen and oxygen atoms in total. The normalized spacial score (nSPS) is 43.0. The summed E-state index contributed by atoms with van der Waals surface area (Å²) in [5.41, 5.74) is 0. The van der Waals surface area contributed by atoms with Gasteiger partial charge in [-0.25, -0.2) is 0 Å². The lowest BCUT2D eigenvalue weighted by molar-refractivity contribution is -0.132. The topological polar surface area (TPSA) is 32.3 Å². The number of likely N-dealkylation sites (tertiary alicyclic amines) is 1. The molecule has 0 aromatic rings. The van der Waals surface area contributed by atoms with Crippen molar-refractivity contribution in [3.63, 3.8) is 0 Å². The van der Waals surface area contributed by atoms with Crippen molar-refractivity contribution >= 4 is 18.3 Å². The molecule has 4 fully saturated rings. The molecular formula is C16H27ClN2O. The highest BCUT2D eigenvalue weighted by Crippen LogP contribution is 2.39. The number of fused-ring (bicyclic) bond motifs is 2. The van der Waals surface area contributed by atoms with E-state index in [0.29, 0.717) is 11.9 Å². The largest absolute Gasteiger partial charge is 0.341 e. The Bertz CT molecular complexity index is 349. The van der Waals surface area contributed by atoms with Crippen molar-refractivity contribution in [2.24, 2.45) is 17.8 Å². The maximum Gasteiger partial charge on any atom is 0.239 e. The minimum Gasteiger partial charge on any atom is -0.341 e. The molecule has 1 amide bonds. The highest BCUT2D eigenvalue weighted by molar-refractivity contribution is 5.85. The van der Waals surface area contributed by atoms with E-state index in [-0.39, 0.29) is 18.4 Å². The number of nitrogens with zero attached hydrogens (tertiary/aromatic N) is 1. The van der Waals surface area contributed by atoms with E-state index in [1.807, 2.05) is 0 Å². The van der Waals surface area contributed by atoms with Crippen LogP contribution in [0.2, 0.25) is 0 Å². The number of rotatable bonds is 1. The van der Waals surface area contributed by atoms with Crippen LogP contribution in [0.1, 0.15) is 51.4 Å². The molecule has 4 aliphatic rings. The van der Waals surface area contributed by atoms with Gasteiger partial charge < -0.3 is 10.2 Å². The van der Waals surface area contributed by atoms with Crippen LogP contribution in [-0.4, -0.2) is 36.0 Å². The van der Waals surface area contributed by atoms with Gasteiger partial charge in [-0.1, -0.05) is 19.3 Å². The lowest BCUT2D eigenvalue weighted by atomic mass is 9.85. The Balaban J connectivity index is 0.00000121. The first-order chi connectivity index (χ1) is 9.31. The summed E-state index contributed by atoms with van der Waals surface area (Å²) in [4.78, 5) is 14.9. The Morgan fingerprint density at radius 1 is 0.900 bits per heavy atom. The van der Waals surface area contributed by atoms with Crippen LogP contribution in [0.25, 0.3) is 0 Å². The van der Waals surface area contributed by atoms with Gasteiger partial charge >= 0.3 is 0 Å². The fourth-order valence-corrected chi connectivity index (χ4v) is 5.15. The van der Waals surface area contributed by atoms with Crippen LogP contribution in [0, 0.1) is 17.8 Å². The van der Waals surface area contributed by atoms with Crippen molar-refractivity contribution in [2.45, 2.75) is 63.5 Å². The molecule has 5 atom stereocenters. The molecular weight excluding hydrogens is 272 g/mol. The summed E-state index contributed by atoms with van der Waals surface area (Å²) >= 11 is 0. The Labute approximate surface area is 128 Å². The third-order valence-electron chi connectivity index (χ3n) is 6.20. The number of halogens is 1. The molecule has 2 heterocycles. The molecule has 0 bridgehead atoms. The van der Waals surface area contributed by atoms with Crippen LogP contribution in [0.4, 0.5) is 0 Å². The number of amides is 1. The van der Waals surface area contributed by atoms with Gasteiger partial charge in [0.25, 0.3) is 0 Å². The molecule has 2 aliphatic heterocycles. The molecule has 4 heteroatoms. The van der Waals surface area contributed by atoms with Crippen LogP contribution in [0.3, 0.4) is 0 Å². The molecule has 0 spiro atoms. The van der Waals surface area contributed by atoms with Gasteiger partial charge in [0.2, 0.25) is 5.91 Å². The van der Waals surface area contributed by atoms with E-state index in [9.17, 15) is 4.79 Å². The second-order valence-corrected chi connectivity index (χ2v) is 7.30. The van der Waals surface area contributed by atoms with Crippen LogP contribution < -0.4 is 5.32 Å². The average molecular weight is 299 g/mol. The Morgan fingerprint density at radius 2 is 1.55 bits per heavy atom. The monoisotopic (exact) mass is 298 g/mol. The zero-order chi connectivity index (χ0) is 12.8. The fraction of sp³-hybridized carbons (Fsp3) is 0.938. The summed E-state index contributed by atoms with van der Waals surface area (Å²) in [6.45, 7) is 2.11. The standard InChI is InChI=1S/C16H26N2O.ClH/c19-16(18-9-12-5-3-6-13(12)10-18)15-8-11-4-1-2-7-14(11)17-15;/h11-15,17H,1-10H2;1H. The van der Waals surface area contributed by atoms with Gasteiger partial charge in [-0.15, -0.1) is 12.4 Å². The summed E-state index contributed by atoms with van der Waals surface area (Å²) in [6, 6.07) is 0.789. The van der Waals surface area contributed by atoms with Gasteiger partial charge in [0.1, 0.15) is 0 Å². The Morgan fingerprint density at radius 3 is 2.25 bits per heavy atom. The zero-order valence-electron chi connectivity index (χ0n) is 12.2. The maximum absolute atomic E-state index is 12.7. The summed E-state index contributed by atoms with van der Waals surface area (Å²) < 4.78 is 0. The number of hydrogen-bond acceptors (Lipinski definition) is 2. The summed E-state index contributed by atoms with van der Waals surface area (Å²) in [7, 11) is 0. The molecule has 1 N–H and O–H groups in total. The molecule has 4 rings (SSSR count). The summed E-state index contributed by atoms with van der Waals surface area (Å²) in [5, 5.41) is 3.64. The second kappa shape index (κ2) is 5.84. The quantitative estimate of drug-likeness (QED) is 0.807. The van der Waals surface area contributed by atoms with Gasteiger partial charge in [0.15, 0.2) is 0 Å². The average Bonchev–Trinajstić information content (AvgIpc) is 3.10. The highest BCUT2D eigenvalue weighted by Gasteiger charge is 2.43. The van der Waals surface area contributed by atoms with Crippen molar-refractivity contribution in [3.8, 4) is 0 Å². The van der Waals surface area contributed by atoms with Crippen molar-refractivity contribution in [2.75, 3.05) is 13.1 Å². The first-order valence-corrected chi connectivity index (χ1v) is 8.36. The second-order valence-electron chi connectivity index (χ2n) is 7.30. The van der Waals surface area contributed by atoms with E-state index in [2.05, 4.69) is 10.2 Å². The SMILES string of the molecule is Cl.O=C(C1CC2CCCCC2N1)N1CC2CCCC2C1. The summed E-state index contributed by atoms with van der Waals surface area (Å²) in [5.74, 6) is 2.86. The lowest BCUT2D eigenvalue weighted by Crippen LogP contribution is -2.44. The van der Waals surface area contributed by atoms with E-state index in [4.69, 9.17) is 0 Å². The molecule has 0 aromatic carbocycles. The molecule has 2 aliphatic carbocycles. The Kier molecular flexibility index (Phi) is 4.28. The minimum atomic E-state index is 0. The van der Waals surface area contributed by atoms with Crippen molar-refractivity contribution in [1.82, 2.24) is 10.2 Å². The molecule has 2 saturated carbocycles. The number of carbonyl (C=O) groups is 1. The van der Waals surface area contributed by atoms with E-state index in [0.717, 1.165) is 37.3 Å². The van der Waals surface area contributed by atoms with Crippen LogP contribution in [-0.2, 0) is 4.79 Å². The van der Waals surface area contributed by atoms with Crippen LogP contribution in [0.5, 0.6) is 0 Å². The lowest BCUT2D eigenvalue weighted by Gasteiger charge is -2.24. The van der Waals surface area contributed by atoms with Gasteiger partial charge in [-0.2, -0.15) is 0 Å². The maximum atomic E-state index is 12.7. The molecule has 0 radical (unpaired) electrons. The van der Waals surface area contributed by atoms with Gasteiger partial charge in [0, 0.05) is 19.1 Å². The molecule has 0 aromatic heterocycles. The molecule has 114 valence electrons. The van der Waals surface area contributed by atoms with Crippen molar-refractivity contribution in [3.05, 3.63) is 0 Å². The molecule has 20 heavy (non-hydrogen) atoms. The molecule has 5 unspecified atom stereocenters. The number of nitrogens with one attached hydrogen (secondary N) is 1. The third-order valence-corrected chi connectivity index (χ3v) is 6.20. The fourth-order valence-electron chi connectivity index (χ4n) is 5.15. The van der Waals surface area contributed by atoms with Crippen LogP contribution >= 0.6 is 12.4 Å². The number of hydrogen-bond donors (Lipinski definition) is 1. The van der Waals surface area contributed by atoms with E-state index < -0.39 is 0 Å². The van der Waals surface area contributed by atoms with Gasteiger partial charge in [-0.05, 0) is 49.9 Å². The molecule has 2 saturated heterocycles. The van der Waals surface area contributed by atoms with Crippen LogP contribution in [0.15, 0.2) is 0 Å². The number of carbonyl (C=O) groups excluding carboxylic acids is 1. The van der Waals surface area contributed by atoms with Crippen molar-refractivity contribution in [1.29, 1.82) is 0 Å². The van der Waals surface area contributed by atoms with E-state index >= 15 is 0 Å². The smallest absolute Gasteiger partial charge is 0.239 e. The van der Waals surface area contributed by atoms with E-state index in [1.54, 1.807) is 0 Å². The highest BCUT2D eigenvalue weighted by atomic mass is 35.5. The van der Waals surface area contributed by atoms with Gasteiger partial charge in [0.05, 0.1) is 6.04 Å². The minimum absolute atomic E-state index is 0. The zero-order valence-corrected chi connectivity index (χ0v) is 13.0. The predicted octanol–water partition coefficient (Wildman–Crippen LogP) is 2.59. The first kappa shape index (κ1) is 14.6. The Hall–Kier alpha value is -0.280. The predicted molar refractivity (Wildman–Crippen MR) is 81.9 cm³/mol. The third kappa shape index (κ3) is 2.48. The van der Waals surface area contributed by atoms with Crippen molar-refractivity contribution < 1.29 is 4.79 Å².